The Labute approximate surface area is 95.8 Å². The molecular weight excluding hydrogens is 208 g/mol. The number of benzene rings is 1. The summed E-state index contributed by atoms with van der Waals surface area (Å²) in [6, 6.07) is 9.44. The van der Waals surface area contributed by atoms with Crippen molar-refractivity contribution in [2.75, 3.05) is 0 Å². The van der Waals surface area contributed by atoms with E-state index in [-0.39, 0.29) is 5.78 Å². The van der Waals surface area contributed by atoms with Gasteiger partial charge in [0.2, 0.25) is 0 Å². The minimum Gasteiger partial charge on any atom is -0.292 e. The van der Waals surface area contributed by atoms with Crippen LogP contribution in [-0.2, 0) is 9.67 Å². The third-order valence-corrected chi connectivity index (χ3v) is 3.00. The third-order valence-electron chi connectivity index (χ3n) is 2.40. The van der Waals surface area contributed by atoms with Gasteiger partial charge in [-0.05, 0) is 18.1 Å². The first-order valence-electron chi connectivity index (χ1n) is 5.06. The van der Waals surface area contributed by atoms with Crippen LogP contribution in [0.2, 0.25) is 0 Å². The fraction of sp³-hybridized carbons (Fsp3) is 0.308. The summed E-state index contributed by atoms with van der Waals surface area (Å²) in [5, 5.41) is 0. The highest BCUT2D eigenvalue weighted by Crippen LogP contribution is 2.35. The van der Waals surface area contributed by atoms with Gasteiger partial charge in [0.25, 0.3) is 0 Å². The van der Waals surface area contributed by atoms with Crippen LogP contribution in [-0.4, -0.2) is 5.78 Å². The molecule has 1 atom stereocenters. The van der Waals surface area contributed by atoms with E-state index in [1.807, 2.05) is 37.3 Å². The Morgan fingerprint density at radius 2 is 2.07 bits per heavy atom. The van der Waals surface area contributed by atoms with Gasteiger partial charge in [-0.25, -0.2) is 0 Å². The van der Waals surface area contributed by atoms with Crippen LogP contribution in [0.5, 0.6) is 0 Å². The minimum atomic E-state index is -0.933. The van der Waals surface area contributed by atoms with Crippen molar-refractivity contribution in [2.45, 2.75) is 24.6 Å². The number of carbonyl (C=O) groups excluding carboxylic acids is 1. The summed E-state index contributed by atoms with van der Waals surface area (Å²) in [5.74, 6) is -0.128. The Kier molecular flexibility index (Phi) is 4.10. The number of rotatable bonds is 5. The molecule has 0 bridgehead atoms. The van der Waals surface area contributed by atoms with Gasteiger partial charge in [-0.3, -0.25) is 4.79 Å². The molecule has 0 aliphatic carbocycles. The Morgan fingerprint density at radius 3 is 2.53 bits per heavy atom. The van der Waals surface area contributed by atoms with Crippen LogP contribution in [0.1, 0.15) is 25.3 Å². The lowest BCUT2D eigenvalue weighted by atomic mass is 9.89. The predicted molar refractivity (Wildman–Crippen MR) is 64.1 cm³/mol. The van der Waals surface area contributed by atoms with Gasteiger partial charge < -0.3 is 0 Å². The number of allylic oxidation sites excluding steroid dienone is 1. The molecule has 1 rings (SSSR count). The quantitative estimate of drug-likeness (QED) is 0.549. The molecule has 0 aliphatic rings. The summed E-state index contributed by atoms with van der Waals surface area (Å²) in [7, 11) is 0. The van der Waals surface area contributed by atoms with Crippen molar-refractivity contribution in [1.29, 1.82) is 0 Å². The first-order chi connectivity index (χ1) is 7.15. The molecule has 1 aromatic carbocycles. The predicted octanol–water partition coefficient (Wildman–Crippen LogP) is 3.68. The molecule has 0 aliphatic heterocycles. The van der Waals surface area contributed by atoms with Crippen molar-refractivity contribution in [3.05, 3.63) is 48.6 Å². The Bertz CT molecular complexity index is 345. The fourth-order valence-corrected chi connectivity index (χ4v) is 2.01. The second kappa shape index (κ2) is 5.13. The molecule has 0 saturated heterocycles. The monoisotopic (exact) mass is 222 g/mol. The van der Waals surface area contributed by atoms with Crippen LogP contribution in [0.3, 0.4) is 0 Å². The van der Waals surface area contributed by atoms with E-state index in [0.29, 0.717) is 6.42 Å². The summed E-state index contributed by atoms with van der Waals surface area (Å²) in [5.41, 5.74) is 0.846. The molecule has 1 unspecified atom stereocenters. The molecule has 0 heterocycles. The highest BCUT2D eigenvalue weighted by Gasteiger charge is 2.34. The van der Waals surface area contributed by atoms with E-state index in [2.05, 4.69) is 6.58 Å². The highest BCUT2D eigenvalue weighted by atomic mass is 35.5. The number of carbonyl (C=O) groups is 1. The lowest BCUT2D eigenvalue weighted by Crippen LogP contribution is -2.28. The largest absolute Gasteiger partial charge is 0.292 e. The van der Waals surface area contributed by atoms with Crippen LogP contribution < -0.4 is 0 Å². The van der Waals surface area contributed by atoms with Crippen molar-refractivity contribution in [2.24, 2.45) is 0 Å². The zero-order valence-electron chi connectivity index (χ0n) is 8.87. The van der Waals surface area contributed by atoms with Gasteiger partial charge in [0.05, 0.1) is 0 Å². The number of alkyl halides is 1. The normalized spacial score (nSPS) is 14.3. The molecule has 0 N–H and O–H groups in total. The van der Waals surface area contributed by atoms with Gasteiger partial charge in [0.1, 0.15) is 4.87 Å². The zero-order chi connectivity index (χ0) is 11.3. The Morgan fingerprint density at radius 1 is 1.47 bits per heavy atom. The lowest BCUT2D eigenvalue weighted by Gasteiger charge is -2.24. The molecule has 0 amide bonds. The van der Waals surface area contributed by atoms with E-state index in [1.165, 1.54) is 6.08 Å². The van der Waals surface area contributed by atoms with Crippen LogP contribution in [0.15, 0.2) is 43.0 Å². The standard InChI is InChI=1S/C13H15ClO/c1-3-10-13(14,12(15)4-2)11-8-6-5-7-9-11/h4-9H,2-3,10H2,1H3. The SMILES string of the molecule is C=CC(=O)C(Cl)(CCC)c1ccccc1. The maximum Gasteiger partial charge on any atom is 0.180 e. The molecule has 80 valence electrons. The average Bonchev–Trinajstić information content (AvgIpc) is 2.29. The lowest BCUT2D eigenvalue weighted by molar-refractivity contribution is -0.117. The molecule has 0 radical (unpaired) electrons. The molecular formula is C13H15ClO. The van der Waals surface area contributed by atoms with Gasteiger partial charge in [0, 0.05) is 0 Å². The third kappa shape index (κ3) is 2.48. The number of ketones is 1. The van der Waals surface area contributed by atoms with Crippen LogP contribution >= 0.6 is 11.6 Å². The van der Waals surface area contributed by atoms with E-state index in [0.717, 1.165) is 12.0 Å². The molecule has 1 nitrogen and oxygen atoms in total. The molecule has 0 saturated carbocycles. The molecule has 1 aromatic rings. The van der Waals surface area contributed by atoms with Crippen molar-refractivity contribution >= 4 is 17.4 Å². The Balaban J connectivity index is 3.12. The maximum atomic E-state index is 11.8. The summed E-state index contributed by atoms with van der Waals surface area (Å²) in [6.45, 7) is 5.51. The molecule has 0 spiro atoms. The van der Waals surface area contributed by atoms with Crippen LogP contribution in [0.25, 0.3) is 0 Å². The summed E-state index contributed by atoms with van der Waals surface area (Å²) in [6.07, 6.45) is 2.79. The first kappa shape index (κ1) is 12.0. The first-order valence-corrected chi connectivity index (χ1v) is 5.44. The van der Waals surface area contributed by atoms with Gasteiger partial charge in [-0.15, -0.1) is 11.6 Å². The summed E-state index contributed by atoms with van der Waals surface area (Å²) < 4.78 is 0. The smallest absolute Gasteiger partial charge is 0.180 e. The topological polar surface area (TPSA) is 17.1 Å². The molecule has 0 fully saturated rings. The van der Waals surface area contributed by atoms with Gasteiger partial charge in [-0.2, -0.15) is 0 Å². The van der Waals surface area contributed by atoms with Crippen molar-refractivity contribution in [3.8, 4) is 0 Å². The van der Waals surface area contributed by atoms with E-state index in [9.17, 15) is 4.79 Å². The number of hydrogen-bond acceptors (Lipinski definition) is 1. The Hall–Kier alpha value is -1.08. The van der Waals surface area contributed by atoms with Crippen LogP contribution in [0, 0.1) is 0 Å². The molecule has 0 aromatic heterocycles. The average molecular weight is 223 g/mol. The summed E-state index contributed by atoms with van der Waals surface area (Å²) >= 11 is 6.39. The van der Waals surface area contributed by atoms with Gasteiger partial charge in [0.15, 0.2) is 5.78 Å². The molecule has 15 heavy (non-hydrogen) atoms. The van der Waals surface area contributed by atoms with E-state index in [1.54, 1.807) is 0 Å². The van der Waals surface area contributed by atoms with Gasteiger partial charge >= 0.3 is 0 Å². The van der Waals surface area contributed by atoms with Crippen molar-refractivity contribution < 1.29 is 4.79 Å². The zero-order valence-corrected chi connectivity index (χ0v) is 9.63. The number of hydrogen-bond donors (Lipinski definition) is 0. The summed E-state index contributed by atoms with van der Waals surface area (Å²) in [4.78, 5) is 10.8. The van der Waals surface area contributed by atoms with E-state index < -0.39 is 4.87 Å². The molecule has 2 heteroatoms. The minimum absolute atomic E-state index is 0.128. The van der Waals surface area contributed by atoms with E-state index in [4.69, 9.17) is 11.6 Å². The maximum absolute atomic E-state index is 11.8. The van der Waals surface area contributed by atoms with Crippen molar-refractivity contribution in [3.63, 3.8) is 0 Å². The van der Waals surface area contributed by atoms with Gasteiger partial charge in [-0.1, -0.05) is 50.3 Å². The fourth-order valence-electron chi connectivity index (χ4n) is 1.62. The van der Waals surface area contributed by atoms with E-state index >= 15 is 0 Å². The second-order valence-electron chi connectivity index (χ2n) is 3.49. The van der Waals surface area contributed by atoms with Crippen LogP contribution in [0.4, 0.5) is 0 Å². The highest BCUT2D eigenvalue weighted by molar-refractivity contribution is 6.36. The second-order valence-corrected chi connectivity index (χ2v) is 4.13. The number of halogens is 1. The van der Waals surface area contributed by atoms with Crippen molar-refractivity contribution in [1.82, 2.24) is 0 Å².